The van der Waals surface area contributed by atoms with Crippen molar-refractivity contribution in [2.45, 2.75) is 32.3 Å². The fourth-order valence-corrected chi connectivity index (χ4v) is 2.97. The highest BCUT2D eigenvalue weighted by atomic mass is 32.1. The topological polar surface area (TPSA) is 64.6 Å². The van der Waals surface area contributed by atoms with Crippen molar-refractivity contribution in [1.82, 2.24) is 0 Å². The Morgan fingerprint density at radius 3 is 3.00 bits per heavy atom. The second-order valence-corrected chi connectivity index (χ2v) is 5.38. The highest BCUT2D eigenvalue weighted by molar-refractivity contribution is 7.12. The Kier molecular flexibility index (Phi) is 4.55. The van der Waals surface area contributed by atoms with Crippen LogP contribution in [0.5, 0.6) is 0 Å². The van der Waals surface area contributed by atoms with Crippen molar-refractivity contribution in [2.75, 3.05) is 19.0 Å². The summed E-state index contributed by atoms with van der Waals surface area (Å²) in [6.07, 6.45) is 2.25. The molecule has 1 fully saturated rings. The van der Waals surface area contributed by atoms with Gasteiger partial charge in [0.05, 0.1) is 25.3 Å². The van der Waals surface area contributed by atoms with Crippen LogP contribution in [0.1, 0.15) is 34.5 Å². The van der Waals surface area contributed by atoms with Crippen LogP contribution in [0.4, 0.5) is 5.69 Å². The van der Waals surface area contributed by atoms with E-state index in [1.165, 1.54) is 18.4 Å². The van der Waals surface area contributed by atoms with Gasteiger partial charge in [0.15, 0.2) is 0 Å². The number of nitrogens with one attached hydrogen (secondary N) is 1. The molecule has 1 unspecified atom stereocenters. The van der Waals surface area contributed by atoms with Gasteiger partial charge >= 0.3 is 5.97 Å². The van der Waals surface area contributed by atoms with Gasteiger partial charge in [-0.3, -0.25) is 4.79 Å². The lowest BCUT2D eigenvalue weighted by Gasteiger charge is -2.10. The second-order valence-electron chi connectivity index (χ2n) is 4.50. The Morgan fingerprint density at radius 1 is 1.58 bits per heavy atom. The van der Waals surface area contributed by atoms with Crippen molar-refractivity contribution < 1.29 is 19.1 Å². The van der Waals surface area contributed by atoms with E-state index in [1.807, 2.05) is 12.3 Å². The molecule has 1 aromatic heterocycles. The van der Waals surface area contributed by atoms with E-state index in [0.717, 1.165) is 25.0 Å². The molecule has 5 nitrogen and oxygen atoms in total. The van der Waals surface area contributed by atoms with Gasteiger partial charge in [0.1, 0.15) is 4.88 Å². The number of ether oxygens (including phenoxy) is 2. The summed E-state index contributed by atoms with van der Waals surface area (Å²) in [6, 6.07) is 0. The first-order valence-corrected chi connectivity index (χ1v) is 7.07. The first-order chi connectivity index (χ1) is 9.11. The zero-order chi connectivity index (χ0) is 13.8. The summed E-state index contributed by atoms with van der Waals surface area (Å²) in [4.78, 5) is 24.0. The summed E-state index contributed by atoms with van der Waals surface area (Å²) < 4.78 is 10.1. The number of hydrogen-bond donors (Lipinski definition) is 1. The quantitative estimate of drug-likeness (QED) is 0.861. The maximum absolute atomic E-state index is 11.9. The molecule has 0 spiro atoms. The minimum Gasteiger partial charge on any atom is -0.465 e. The normalized spacial score (nSPS) is 18.3. The van der Waals surface area contributed by atoms with Crippen molar-refractivity contribution in [3.63, 3.8) is 0 Å². The van der Waals surface area contributed by atoms with Crippen molar-refractivity contribution in [3.8, 4) is 0 Å². The summed E-state index contributed by atoms with van der Waals surface area (Å²) in [5.41, 5.74) is 1.42. The van der Waals surface area contributed by atoms with E-state index >= 15 is 0 Å². The lowest BCUT2D eigenvalue weighted by molar-refractivity contribution is -0.118. The summed E-state index contributed by atoms with van der Waals surface area (Å²) in [5, 5.41) is 4.62. The van der Waals surface area contributed by atoms with Crippen LogP contribution in [0.3, 0.4) is 0 Å². The second kappa shape index (κ2) is 6.16. The Morgan fingerprint density at radius 2 is 2.37 bits per heavy atom. The van der Waals surface area contributed by atoms with E-state index in [0.29, 0.717) is 17.0 Å². The van der Waals surface area contributed by atoms with Gasteiger partial charge in [-0.25, -0.2) is 4.79 Å². The van der Waals surface area contributed by atoms with Crippen LogP contribution in [-0.2, 0) is 14.3 Å². The van der Waals surface area contributed by atoms with Crippen molar-refractivity contribution in [3.05, 3.63) is 15.8 Å². The molecule has 0 bridgehead atoms. The molecular weight excluding hydrogens is 266 g/mol. The number of carbonyl (C=O) groups excluding carboxylic acids is 2. The molecule has 1 aliphatic rings. The SMILES string of the molecule is COC(=O)c1scc(C)c1NC(=O)CC1CCCO1. The van der Waals surface area contributed by atoms with E-state index in [2.05, 4.69) is 5.32 Å². The van der Waals surface area contributed by atoms with Crippen LogP contribution >= 0.6 is 11.3 Å². The zero-order valence-electron chi connectivity index (χ0n) is 11.0. The third-order valence-corrected chi connectivity index (χ3v) is 4.13. The Bertz CT molecular complexity index is 477. The third kappa shape index (κ3) is 3.33. The lowest BCUT2D eigenvalue weighted by Crippen LogP contribution is -2.20. The van der Waals surface area contributed by atoms with Gasteiger partial charge in [0, 0.05) is 6.61 Å². The average Bonchev–Trinajstić information content (AvgIpc) is 3.00. The number of aryl methyl sites for hydroxylation is 1. The van der Waals surface area contributed by atoms with Gasteiger partial charge in [-0.1, -0.05) is 0 Å². The van der Waals surface area contributed by atoms with E-state index in [1.54, 1.807) is 0 Å². The molecule has 2 heterocycles. The molecule has 1 aromatic rings. The monoisotopic (exact) mass is 283 g/mol. The van der Waals surface area contributed by atoms with Crippen molar-refractivity contribution >= 4 is 28.9 Å². The molecule has 1 saturated heterocycles. The molecule has 0 saturated carbocycles. The van der Waals surface area contributed by atoms with Crippen LogP contribution < -0.4 is 5.32 Å². The summed E-state index contributed by atoms with van der Waals surface area (Å²) in [7, 11) is 1.33. The fourth-order valence-electron chi connectivity index (χ4n) is 2.05. The predicted octanol–water partition coefficient (Wildman–Crippen LogP) is 2.35. The maximum Gasteiger partial charge on any atom is 0.350 e. The van der Waals surface area contributed by atoms with Crippen LogP contribution in [0, 0.1) is 6.92 Å². The van der Waals surface area contributed by atoms with Gasteiger partial charge in [-0.2, -0.15) is 0 Å². The molecule has 104 valence electrons. The van der Waals surface area contributed by atoms with Crippen molar-refractivity contribution in [2.24, 2.45) is 0 Å². The molecule has 19 heavy (non-hydrogen) atoms. The number of carbonyl (C=O) groups is 2. The molecule has 1 amide bonds. The molecule has 0 aromatic carbocycles. The molecular formula is C13H17NO4S. The van der Waals surface area contributed by atoms with Gasteiger partial charge in [-0.15, -0.1) is 11.3 Å². The van der Waals surface area contributed by atoms with Crippen molar-refractivity contribution in [1.29, 1.82) is 0 Å². The van der Waals surface area contributed by atoms with Gasteiger partial charge in [0.2, 0.25) is 5.91 Å². The maximum atomic E-state index is 11.9. The highest BCUT2D eigenvalue weighted by Crippen LogP contribution is 2.28. The summed E-state index contributed by atoms with van der Waals surface area (Å²) in [6.45, 7) is 2.58. The number of rotatable bonds is 4. The van der Waals surface area contributed by atoms with Crippen LogP contribution in [0.15, 0.2) is 5.38 Å². The average molecular weight is 283 g/mol. The molecule has 1 aliphatic heterocycles. The number of amides is 1. The first kappa shape index (κ1) is 14.0. The number of hydrogen-bond acceptors (Lipinski definition) is 5. The molecule has 0 aliphatic carbocycles. The largest absolute Gasteiger partial charge is 0.465 e. The molecule has 2 rings (SSSR count). The Hall–Kier alpha value is -1.40. The first-order valence-electron chi connectivity index (χ1n) is 6.19. The zero-order valence-corrected chi connectivity index (χ0v) is 11.8. The minimum atomic E-state index is -0.425. The number of esters is 1. The van der Waals surface area contributed by atoms with E-state index in [9.17, 15) is 9.59 Å². The third-order valence-electron chi connectivity index (χ3n) is 3.05. The Labute approximate surface area is 115 Å². The van der Waals surface area contributed by atoms with Gasteiger partial charge < -0.3 is 14.8 Å². The van der Waals surface area contributed by atoms with Crippen LogP contribution in [0.2, 0.25) is 0 Å². The molecule has 0 radical (unpaired) electrons. The van der Waals surface area contributed by atoms with E-state index in [4.69, 9.17) is 9.47 Å². The van der Waals surface area contributed by atoms with E-state index in [-0.39, 0.29) is 12.0 Å². The van der Waals surface area contributed by atoms with Gasteiger partial charge in [-0.05, 0) is 30.7 Å². The minimum absolute atomic E-state index is 0.000480. The standard InChI is InChI=1S/C13H17NO4S/c1-8-7-19-12(13(16)17-2)11(8)14-10(15)6-9-4-3-5-18-9/h7,9H,3-6H2,1-2H3,(H,14,15). The number of methoxy groups -OCH3 is 1. The summed E-state index contributed by atoms with van der Waals surface area (Å²) >= 11 is 1.27. The molecule has 6 heteroatoms. The summed E-state index contributed by atoms with van der Waals surface area (Å²) in [5.74, 6) is -0.552. The number of thiophene rings is 1. The Balaban J connectivity index is 2.03. The van der Waals surface area contributed by atoms with Gasteiger partial charge in [0.25, 0.3) is 0 Å². The fraction of sp³-hybridized carbons (Fsp3) is 0.538. The lowest BCUT2D eigenvalue weighted by atomic mass is 10.1. The van der Waals surface area contributed by atoms with Crippen LogP contribution in [0.25, 0.3) is 0 Å². The van der Waals surface area contributed by atoms with Crippen LogP contribution in [-0.4, -0.2) is 31.7 Å². The molecule has 1 atom stereocenters. The smallest absolute Gasteiger partial charge is 0.350 e. The predicted molar refractivity (Wildman–Crippen MR) is 72.6 cm³/mol. The number of anilines is 1. The highest BCUT2D eigenvalue weighted by Gasteiger charge is 2.22. The molecule has 1 N–H and O–H groups in total. The van der Waals surface area contributed by atoms with E-state index < -0.39 is 5.97 Å².